The minimum atomic E-state index is -0.755. The SMILES string of the molecule is CC(C)COc1cc(C(O)CN)ncn1. The Labute approximate surface area is 89.3 Å². The van der Waals surface area contributed by atoms with Crippen LogP contribution in [-0.4, -0.2) is 28.2 Å². The van der Waals surface area contributed by atoms with Gasteiger partial charge in [0.25, 0.3) is 0 Å². The van der Waals surface area contributed by atoms with Crippen LogP contribution in [0.2, 0.25) is 0 Å². The average molecular weight is 211 g/mol. The van der Waals surface area contributed by atoms with E-state index in [-0.39, 0.29) is 6.54 Å². The molecule has 0 saturated carbocycles. The third-order valence-electron chi connectivity index (χ3n) is 1.79. The topological polar surface area (TPSA) is 81.3 Å². The van der Waals surface area contributed by atoms with Crippen LogP contribution in [-0.2, 0) is 0 Å². The van der Waals surface area contributed by atoms with Crippen molar-refractivity contribution >= 4 is 0 Å². The van der Waals surface area contributed by atoms with Gasteiger partial charge >= 0.3 is 0 Å². The second kappa shape index (κ2) is 5.63. The largest absolute Gasteiger partial charge is 0.477 e. The normalized spacial score (nSPS) is 12.9. The van der Waals surface area contributed by atoms with Crippen LogP contribution < -0.4 is 10.5 Å². The summed E-state index contributed by atoms with van der Waals surface area (Å²) in [5.74, 6) is 0.907. The van der Waals surface area contributed by atoms with Gasteiger partial charge in [0, 0.05) is 12.6 Å². The molecule has 1 heterocycles. The first-order valence-electron chi connectivity index (χ1n) is 4.96. The highest BCUT2D eigenvalue weighted by molar-refractivity contribution is 5.15. The zero-order valence-electron chi connectivity index (χ0n) is 9.05. The van der Waals surface area contributed by atoms with Crippen molar-refractivity contribution in [2.45, 2.75) is 20.0 Å². The number of nitrogens with two attached hydrogens (primary N) is 1. The van der Waals surface area contributed by atoms with Crippen molar-refractivity contribution in [3.63, 3.8) is 0 Å². The maximum Gasteiger partial charge on any atom is 0.216 e. The molecule has 1 aromatic heterocycles. The maximum atomic E-state index is 9.46. The molecule has 1 aromatic rings. The molecule has 0 saturated heterocycles. The van der Waals surface area contributed by atoms with Gasteiger partial charge in [-0.05, 0) is 5.92 Å². The molecule has 0 fully saturated rings. The van der Waals surface area contributed by atoms with Gasteiger partial charge in [-0.25, -0.2) is 9.97 Å². The fraction of sp³-hybridized carbons (Fsp3) is 0.600. The van der Waals surface area contributed by atoms with Crippen LogP contribution in [0.25, 0.3) is 0 Å². The zero-order chi connectivity index (χ0) is 11.3. The molecule has 1 unspecified atom stereocenters. The van der Waals surface area contributed by atoms with E-state index in [1.807, 2.05) is 0 Å². The Morgan fingerprint density at radius 3 is 2.80 bits per heavy atom. The van der Waals surface area contributed by atoms with Crippen molar-refractivity contribution in [3.8, 4) is 5.88 Å². The molecule has 0 amide bonds. The van der Waals surface area contributed by atoms with E-state index in [1.54, 1.807) is 6.07 Å². The second-order valence-corrected chi connectivity index (χ2v) is 3.74. The van der Waals surface area contributed by atoms with Gasteiger partial charge < -0.3 is 15.6 Å². The van der Waals surface area contributed by atoms with Crippen LogP contribution in [0.3, 0.4) is 0 Å². The van der Waals surface area contributed by atoms with Crippen LogP contribution in [0, 0.1) is 5.92 Å². The first-order valence-corrected chi connectivity index (χ1v) is 4.96. The molecule has 0 bridgehead atoms. The smallest absolute Gasteiger partial charge is 0.216 e. The summed E-state index contributed by atoms with van der Waals surface area (Å²) in [5.41, 5.74) is 5.82. The van der Waals surface area contributed by atoms with Gasteiger partial charge in [0.15, 0.2) is 0 Å². The highest BCUT2D eigenvalue weighted by atomic mass is 16.5. The van der Waals surface area contributed by atoms with Crippen molar-refractivity contribution in [2.75, 3.05) is 13.2 Å². The molecule has 0 spiro atoms. The number of nitrogens with zero attached hydrogens (tertiary/aromatic N) is 2. The van der Waals surface area contributed by atoms with Crippen molar-refractivity contribution in [3.05, 3.63) is 18.1 Å². The van der Waals surface area contributed by atoms with Crippen molar-refractivity contribution < 1.29 is 9.84 Å². The van der Waals surface area contributed by atoms with Crippen molar-refractivity contribution in [2.24, 2.45) is 11.7 Å². The lowest BCUT2D eigenvalue weighted by atomic mass is 10.2. The fourth-order valence-corrected chi connectivity index (χ4v) is 0.987. The van der Waals surface area contributed by atoms with Crippen molar-refractivity contribution in [1.82, 2.24) is 9.97 Å². The number of ether oxygens (including phenoxy) is 1. The first-order chi connectivity index (χ1) is 7.13. The third-order valence-corrected chi connectivity index (χ3v) is 1.79. The van der Waals surface area contributed by atoms with E-state index < -0.39 is 6.10 Å². The zero-order valence-corrected chi connectivity index (χ0v) is 9.05. The second-order valence-electron chi connectivity index (χ2n) is 3.74. The summed E-state index contributed by atoms with van der Waals surface area (Å²) < 4.78 is 5.40. The lowest BCUT2D eigenvalue weighted by Gasteiger charge is -2.10. The Balaban J connectivity index is 2.65. The molecule has 0 aliphatic carbocycles. The molecule has 3 N–H and O–H groups in total. The van der Waals surface area contributed by atoms with Gasteiger partial charge in [-0.2, -0.15) is 0 Å². The average Bonchev–Trinajstić information content (AvgIpc) is 2.25. The molecule has 15 heavy (non-hydrogen) atoms. The van der Waals surface area contributed by atoms with E-state index >= 15 is 0 Å². The van der Waals surface area contributed by atoms with Gasteiger partial charge in [0.1, 0.15) is 12.4 Å². The van der Waals surface area contributed by atoms with Crippen LogP contribution in [0.15, 0.2) is 12.4 Å². The Morgan fingerprint density at radius 2 is 2.20 bits per heavy atom. The highest BCUT2D eigenvalue weighted by Crippen LogP contribution is 2.13. The summed E-state index contributed by atoms with van der Waals surface area (Å²) in [6.07, 6.45) is 0.610. The Morgan fingerprint density at radius 1 is 1.47 bits per heavy atom. The predicted molar refractivity (Wildman–Crippen MR) is 56.4 cm³/mol. The van der Waals surface area contributed by atoms with Gasteiger partial charge in [-0.1, -0.05) is 13.8 Å². The fourth-order valence-electron chi connectivity index (χ4n) is 0.987. The third kappa shape index (κ3) is 3.81. The summed E-state index contributed by atoms with van der Waals surface area (Å²) in [6.45, 7) is 4.84. The molecular formula is C10H17N3O2. The molecule has 0 radical (unpaired) electrons. The summed E-state index contributed by atoms with van der Waals surface area (Å²) in [7, 11) is 0. The number of rotatable bonds is 5. The minimum absolute atomic E-state index is 0.140. The van der Waals surface area contributed by atoms with Crippen LogP contribution >= 0.6 is 0 Å². The van der Waals surface area contributed by atoms with E-state index in [0.29, 0.717) is 24.1 Å². The highest BCUT2D eigenvalue weighted by Gasteiger charge is 2.08. The van der Waals surface area contributed by atoms with E-state index in [0.717, 1.165) is 0 Å². The van der Waals surface area contributed by atoms with E-state index in [2.05, 4.69) is 23.8 Å². The minimum Gasteiger partial charge on any atom is -0.477 e. The van der Waals surface area contributed by atoms with Crippen LogP contribution in [0.4, 0.5) is 0 Å². The molecule has 5 heteroatoms. The predicted octanol–water partition coefficient (Wildman–Crippen LogP) is 0.503. The Kier molecular flexibility index (Phi) is 4.45. The molecule has 1 atom stereocenters. The molecular weight excluding hydrogens is 194 g/mol. The summed E-state index contributed by atoms with van der Waals surface area (Å²) >= 11 is 0. The quantitative estimate of drug-likeness (QED) is 0.741. The molecule has 0 aliphatic heterocycles. The van der Waals surface area contributed by atoms with Crippen LogP contribution in [0.5, 0.6) is 5.88 Å². The van der Waals surface area contributed by atoms with E-state index in [4.69, 9.17) is 10.5 Å². The standard InChI is InChI=1S/C10H17N3O2/c1-7(2)5-15-10-3-8(9(14)4-11)12-6-13-10/h3,6-7,9,14H,4-5,11H2,1-2H3. The first kappa shape index (κ1) is 11.9. The number of aromatic nitrogens is 2. The number of aliphatic hydroxyl groups is 1. The summed E-state index contributed by atoms with van der Waals surface area (Å²) in [6, 6.07) is 1.61. The Bertz CT molecular complexity index is 304. The van der Waals surface area contributed by atoms with E-state index in [1.165, 1.54) is 6.33 Å². The molecule has 1 rings (SSSR count). The molecule has 0 aromatic carbocycles. The molecule has 84 valence electrons. The summed E-state index contributed by atoms with van der Waals surface area (Å²) in [5, 5.41) is 9.46. The molecule has 0 aliphatic rings. The van der Waals surface area contributed by atoms with E-state index in [9.17, 15) is 5.11 Å². The lowest BCUT2D eigenvalue weighted by molar-refractivity contribution is 0.180. The Hall–Kier alpha value is -1.20. The number of hydrogen-bond acceptors (Lipinski definition) is 5. The monoisotopic (exact) mass is 211 g/mol. The van der Waals surface area contributed by atoms with Gasteiger partial charge in [-0.3, -0.25) is 0 Å². The van der Waals surface area contributed by atoms with Gasteiger partial charge in [-0.15, -0.1) is 0 Å². The summed E-state index contributed by atoms with van der Waals surface area (Å²) in [4.78, 5) is 7.86. The number of aliphatic hydroxyl groups excluding tert-OH is 1. The maximum absolute atomic E-state index is 9.46. The number of hydrogen-bond donors (Lipinski definition) is 2. The van der Waals surface area contributed by atoms with Crippen molar-refractivity contribution in [1.29, 1.82) is 0 Å². The lowest BCUT2D eigenvalue weighted by Crippen LogP contribution is -2.13. The van der Waals surface area contributed by atoms with Gasteiger partial charge in [0.2, 0.25) is 5.88 Å². The van der Waals surface area contributed by atoms with Gasteiger partial charge in [0.05, 0.1) is 12.3 Å². The molecule has 5 nitrogen and oxygen atoms in total. The van der Waals surface area contributed by atoms with Crippen LogP contribution in [0.1, 0.15) is 25.6 Å².